The number of hydrogen-bond donors (Lipinski definition) is 2. The second kappa shape index (κ2) is 7.32. The highest BCUT2D eigenvalue weighted by Crippen LogP contribution is 2.19. The summed E-state index contributed by atoms with van der Waals surface area (Å²) in [6.07, 6.45) is 1.13. The number of nitrogens with zero attached hydrogens (tertiary/aromatic N) is 4. The molecule has 1 aliphatic rings. The van der Waals surface area contributed by atoms with Crippen LogP contribution in [0.15, 0.2) is 6.20 Å². The number of nitrogen functional groups attached to an aromatic ring is 1. The number of ether oxygens (including phenoxy) is 1. The smallest absolute Gasteiger partial charge is 0.329 e. The third-order valence-corrected chi connectivity index (χ3v) is 3.75. The van der Waals surface area contributed by atoms with Crippen molar-refractivity contribution < 1.29 is 9.66 Å². The molecule has 2 rings (SSSR count). The molecule has 1 aromatic heterocycles. The number of nitrogens with one attached hydrogen (secondary N) is 1. The van der Waals surface area contributed by atoms with E-state index in [-0.39, 0.29) is 11.5 Å². The summed E-state index contributed by atoms with van der Waals surface area (Å²) in [6.45, 7) is 8.24. The van der Waals surface area contributed by atoms with E-state index in [0.717, 1.165) is 32.5 Å². The molecule has 122 valence electrons. The molecular formula is C13H22N6O3. The zero-order valence-corrected chi connectivity index (χ0v) is 12.9. The van der Waals surface area contributed by atoms with Gasteiger partial charge in [0.15, 0.2) is 0 Å². The molecule has 0 aliphatic carbocycles. The number of nitro groups is 1. The minimum atomic E-state index is -0.593. The number of nitrogens with two attached hydrogens (primary N) is 1. The van der Waals surface area contributed by atoms with E-state index < -0.39 is 4.92 Å². The lowest BCUT2D eigenvalue weighted by molar-refractivity contribution is -0.384. The Labute approximate surface area is 129 Å². The molecule has 0 radical (unpaired) electrons. The molecule has 1 saturated heterocycles. The Bertz CT molecular complexity index is 518. The number of aromatic nitrogens is 2. The van der Waals surface area contributed by atoms with Crippen molar-refractivity contribution in [3.8, 4) is 0 Å². The largest absolute Gasteiger partial charge is 0.379 e. The Morgan fingerprint density at radius 1 is 1.50 bits per heavy atom. The second-order valence-electron chi connectivity index (χ2n) is 5.56. The number of rotatable bonds is 6. The minimum absolute atomic E-state index is 0.130. The summed E-state index contributed by atoms with van der Waals surface area (Å²) in [5.41, 5.74) is 5.29. The van der Waals surface area contributed by atoms with Crippen LogP contribution in [0.3, 0.4) is 0 Å². The lowest BCUT2D eigenvalue weighted by Gasteiger charge is -2.36. The maximum absolute atomic E-state index is 10.7. The third kappa shape index (κ3) is 4.01. The highest BCUT2D eigenvalue weighted by Gasteiger charge is 2.24. The van der Waals surface area contributed by atoms with Gasteiger partial charge < -0.3 is 15.8 Å². The molecule has 1 unspecified atom stereocenters. The van der Waals surface area contributed by atoms with Crippen LogP contribution in [0.2, 0.25) is 0 Å². The molecule has 0 spiro atoms. The molecule has 1 atom stereocenters. The molecule has 1 aromatic rings. The molecular weight excluding hydrogens is 288 g/mol. The molecule has 0 amide bonds. The monoisotopic (exact) mass is 310 g/mol. The normalized spacial score (nSPS) is 17.4. The average Bonchev–Trinajstić information content (AvgIpc) is 2.48. The van der Waals surface area contributed by atoms with E-state index in [9.17, 15) is 10.1 Å². The van der Waals surface area contributed by atoms with Crippen molar-refractivity contribution in [2.45, 2.75) is 19.9 Å². The molecule has 0 bridgehead atoms. The highest BCUT2D eigenvalue weighted by atomic mass is 16.6. The summed E-state index contributed by atoms with van der Waals surface area (Å²) in [6, 6.07) is 0.309. The highest BCUT2D eigenvalue weighted by molar-refractivity contribution is 5.53. The van der Waals surface area contributed by atoms with Gasteiger partial charge in [0.05, 0.1) is 18.1 Å². The molecule has 1 aliphatic heterocycles. The summed E-state index contributed by atoms with van der Waals surface area (Å²) < 4.78 is 5.38. The van der Waals surface area contributed by atoms with E-state index in [0.29, 0.717) is 24.5 Å². The van der Waals surface area contributed by atoms with Crippen molar-refractivity contribution in [1.82, 2.24) is 14.9 Å². The van der Waals surface area contributed by atoms with Crippen LogP contribution in [0.1, 0.15) is 13.8 Å². The first-order valence-electron chi connectivity index (χ1n) is 7.31. The Balaban J connectivity index is 2.00. The van der Waals surface area contributed by atoms with Crippen LogP contribution in [0.4, 0.5) is 17.5 Å². The Kier molecular flexibility index (Phi) is 5.45. The summed E-state index contributed by atoms with van der Waals surface area (Å²) in [4.78, 5) is 20.4. The first-order chi connectivity index (χ1) is 10.5. The lowest BCUT2D eigenvalue weighted by atomic mass is 10.0. The molecule has 9 nitrogen and oxygen atoms in total. The molecule has 0 saturated carbocycles. The standard InChI is InChI=1S/C13H22N6O3/c1-9(2)10(18-3-5-22-6-4-18)7-15-13-16-8-11(19(20)21)12(14)17-13/h8-10H,3-7H2,1-2H3,(H3,14,15,16,17). The number of hydrogen-bond acceptors (Lipinski definition) is 8. The van der Waals surface area contributed by atoms with Crippen molar-refractivity contribution in [3.63, 3.8) is 0 Å². The van der Waals surface area contributed by atoms with Crippen LogP contribution in [0, 0.1) is 16.0 Å². The molecule has 1 fully saturated rings. The summed E-state index contributed by atoms with van der Waals surface area (Å²) in [7, 11) is 0. The van der Waals surface area contributed by atoms with E-state index in [1.807, 2.05) is 0 Å². The van der Waals surface area contributed by atoms with Gasteiger partial charge in [-0.1, -0.05) is 13.8 Å². The Hall–Kier alpha value is -2.00. The van der Waals surface area contributed by atoms with Crippen LogP contribution in [-0.4, -0.2) is 58.7 Å². The van der Waals surface area contributed by atoms with Crippen molar-refractivity contribution in [2.24, 2.45) is 5.92 Å². The van der Waals surface area contributed by atoms with E-state index in [1.165, 1.54) is 0 Å². The van der Waals surface area contributed by atoms with E-state index in [2.05, 4.69) is 34.0 Å². The maximum atomic E-state index is 10.7. The third-order valence-electron chi connectivity index (χ3n) is 3.75. The van der Waals surface area contributed by atoms with E-state index in [4.69, 9.17) is 10.5 Å². The van der Waals surface area contributed by atoms with Crippen LogP contribution < -0.4 is 11.1 Å². The van der Waals surface area contributed by atoms with Crippen molar-refractivity contribution in [2.75, 3.05) is 43.9 Å². The van der Waals surface area contributed by atoms with Gasteiger partial charge in [-0.2, -0.15) is 4.98 Å². The fraction of sp³-hybridized carbons (Fsp3) is 0.692. The average molecular weight is 310 g/mol. The summed E-state index contributed by atoms with van der Waals surface area (Å²) in [5, 5.41) is 13.8. The minimum Gasteiger partial charge on any atom is -0.379 e. The molecule has 2 heterocycles. The number of morpholine rings is 1. The van der Waals surface area contributed by atoms with Gasteiger partial charge in [0.1, 0.15) is 6.20 Å². The van der Waals surface area contributed by atoms with E-state index in [1.54, 1.807) is 0 Å². The first kappa shape index (κ1) is 16.4. The quantitative estimate of drug-likeness (QED) is 0.583. The summed E-state index contributed by atoms with van der Waals surface area (Å²) in [5.74, 6) is 0.623. The van der Waals surface area contributed by atoms with Crippen molar-refractivity contribution in [3.05, 3.63) is 16.3 Å². The molecule has 9 heteroatoms. The first-order valence-corrected chi connectivity index (χ1v) is 7.31. The number of anilines is 2. The fourth-order valence-corrected chi connectivity index (χ4v) is 2.51. The van der Waals surface area contributed by atoms with Gasteiger partial charge in [0, 0.05) is 25.7 Å². The van der Waals surface area contributed by atoms with Gasteiger partial charge in [0.2, 0.25) is 11.8 Å². The zero-order chi connectivity index (χ0) is 16.1. The SMILES string of the molecule is CC(C)C(CNc1ncc([N+](=O)[O-])c(N)n1)N1CCOCC1. The second-order valence-corrected chi connectivity index (χ2v) is 5.56. The zero-order valence-electron chi connectivity index (χ0n) is 12.9. The van der Waals surface area contributed by atoms with Crippen molar-refractivity contribution in [1.29, 1.82) is 0 Å². The molecule has 3 N–H and O–H groups in total. The maximum Gasteiger partial charge on any atom is 0.329 e. The van der Waals surface area contributed by atoms with Crippen LogP contribution in [-0.2, 0) is 4.74 Å². The van der Waals surface area contributed by atoms with E-state index >= 15 is 0 Å². The molecule has 0 aromatic carbocycles. The van der Waals surface area contributed by atoms with Gasteiger partial charge >= 0.3 is 5.69 Å². The van der Waals surface area contributed by atoms with Crippen LogP contribution >= 0.6 is 0 Å². The van der Waals surface area contributed by atoms with Crippen molar-refractivity contribution >= 4 is 17.5 Å². The molecule has 22 heavy (non-hydrogen) atoms. The van der Waals surface area contributed by atoms with Gasteiger partial charge in [-0.15, -0.1) is 0 Å². The Morgan fingerprint density at radius 3 is 2.73 bits per heavy atom. The Morgan fingerprint density at radius 2 is 2.18 bits per heavy atom. The fourth-order valence-electron chi connectivity index (χ4n) is 2.51. The van der Waals surface area contributed by atoms with Gasteiger partial charge in [-0.25, -0.2) is 4.98 Å². The van der Waals surface area contributed by atoms with Gasteiger partial charge in [-0.3, -0.25) is 15.0 Å². The summed E-state index contributed by atoms with van der Waals surface area (Å²) >= 11 is 0. The predicted molar refractivity (Wildman–Crippen MR) is 82.6 cm³/mol. The van der Waals surface area contributed by atoms with Gasteiger partial charge in [0.25, 0.3) is 0 Å². The van der Waals surface area contributed by atoms with Gasteiger partial charge in [-0.05, 0) is 5.92 Å². The van der Waals surface area contributed by atoms with Crippen LogP contribution in [0.25, 0.3) is 0 Å². The lowest BCUT2D eigenvalue weighted by Crippen LogP contribution is -2.49. The topological polar surface area (TPSA) is 119 Å². The predicted octanol–water partition coefficient (Wildman–Crippen LogP) is 0.736. The van der Waals surface area contributed by atoms with Crippen LogP contribution in [0.5, 0.6) is 0 Å².